The number of hydrogen-bond donors (Lipinski definition) is 2. The van der Waals surface area contributed by atoms with Gasteiger partial charge in [0.2, 0.25) is 0 Å². The molecule has 0 saturated carbocycles. The highest BCUT2D eigenvalue weighted by Crippen LogP contribution is 2.40. The molecule has 226 valence electrons. The first-order chi connectivity index (χ1) is 21.2. The Bertz CT molecular complexity index is 1480. The summed E-state index contributed by atoms with van der Waals surface area (Å²) in [4.78, 5) is 31.9. The lowest BCUT2D eigenvalue weighted by Crippen LogP contribution is -2.69. The van der Waals surface area contributed by atoms with Crippen LogP contribution < -0.4 is 15.6 Å². The highest BCUT2D eigenvalue weighted by atomic mass is 16.6. The zero-order valence-electron chi connectivity index (χ0n) is 25.0. The zero-order valence-corrected chi connectivity index (χ0v) is 25.0. The van der Waals surface area contributed by atoms with E-state index in [4.69, 9.17) is 4.74 Å². The van der Waals surface area contributed by atoms with Crippen LogP contribution in [0.2, 0.25) is 0 Å². The van der Waals surface area contributed by atoms with Gasteiger partial charge in [-0.1, -0.05) is 97.1 Å². The molecular formula is C34H36N6O4. The second kappa shape index (κ2) is 12.7. The minimum atomic E-state index is -1.93. The third-order valence-electron chi connectivity index (χ3n) is 7.31. The van der Waals surface area contributed by atoms with E-state index >= 15 is 0 Å². The van der Waals surface area contributed by atoms with E-state index in [1.807, 2.05) is 91.0 Å². The first-order valence-electron chi connectivity index (χ1n) is 14.4. The predicted octanol–water partition coefficient (Wildman–Crippen LogP) is 5.67. The third-order valence-corrected chi connectivity index (χ3v) is 7.31. The van der Waals surface area contributed by atoms with E-state index in [1.165, 1.54) is 16.0 Å². The van der Waals surface area contributed by atoms with Crippen LogP contribution in [0, 0.1) is 10.1 Å². The van der Waals surface area contributed by atoms with Crippen molar-refractivity contribution in [1.82, 2.24) is 20.7 Å². The molecule has 0 bridgehead atoms. The lowest BCUT2D eigenvalue weighted by molar-refractivity contribution is -0.597. The predicted molar refractivity (Wildman–Crippen MR) is 169 cm³/mol. The number of rotatable bonds is 10. The SMILES string of the molecule is CC(C)(C)OC(=O)N(CCN1NC=CC1(NC(c1ccccc1)(c1ccccc1)c1ccccc1)[N+](=O)[O-])c1ccccn1. The number of nitrogens with zero attached hydrogens (tertiary/aromatic N) is 4. The molecule has 1 aromatic heterocycles. The lowest BCUT2D eigenvalue weighted by Gasteiger charge is -2.42. The van der Waals surface area contributed by atoms with Gasteiger partial charge in [0.25, 0.3) is 0 Å². The lowest BCUT2D eigenvalue weighted by atomic mass is 9.76. The zero-order chi connectivity index (χ0) is 31.2. The molecule has 44 heavy (non-hydrogen) atoms. The Morgan fingerprint density at radius 2 is 1.43 bits per heavy atom. The standard InChI is InChI=1S/C34H36N6O4/c1-32(2,3)44-31(41)38(30-21-13-14-23-35-30)25-26-39-33(40(42)43,22-24-36-39)37-34(27-15-7-4-8-16-27,28-17-9-5-10-18-28)29-19-11-6-12-20-29/h4-24,36-37H,25-26H2,1-3H3. The Morgan fingerprint density at radius 1 is 0.909 bits per heavy atom. The molecule has 0 radical (unpaired) electrons. The molecule has 0 fully saturated rings. The average Bonchev–Trinajstić information content (AvgIpc) is 3.44. The Hall–Kier alpha value is -5.06. The van der Waals surface area contributed by atoms with Gasteiger partial charge in [0.15, 0.2) is 0 Å². The van der Waals surface area contributed by atoms with Crippen LogP contribution in [0.15, 0.2) is 128 Å². The van der Waals surface area contributed by atoms with Crippen molar-refractivity contribution < 1.29 is 14.5 Å². The van der Waals surface area contributed by atoms with Gasteiger partial charge in [-0.25, -0.2) is 15.1 Å². The fraction of sp³-hybridized carbons (Fsp3) is 0.235. The number of aromatic nitrogens is 1. The van der Waals surface area contributed by atoms with Crippen molar-refractivity contribution in [2.75, 3.05) is 18.0 Å². The summed E-state index contributed by atoms with van der Waals surface area (Å²) in [5.41, 5.74) is 3.63. The van der Waals surface area contributed by atoms with Crippen LogP contribution in [0.1, 0.15) is 37.5 Å². The van der Waals surface area contributed by atoms with Crippen molar-refractivity contribution >= 4 is 11.9 Å². The number of ether oxygens (including phenoxy) is 1. The average molecular weight is 593 g/mol. The number of nitro groups is 1. The number of amides is 1. The van der Waals surface area contributed by atoms with Crippen LogP contribution in [0.3, 0.4) is 0 Å². The van der Waals surface area contributed by atoms with Crippen LogP contribution >= 0.6 is 0 Å². The topological polar surface area (TPSA) is 113 Å². The van der Waals surface area contributed by atoms with Gasteiger partial charge in [-0.2, -0.15) is 0 Å². The molecule has 2 N–H and O–H groups in total. The van der Waals surface area contributed by atoms with Crippen molar-refractivity contribution in [2.45, 2.75) is 37.7 Å². The van der Waals surface area contributed by atoms with Crippen molar-refractivity contribution in [3.05, 3.63) is 154 Å². The molecule has 1 aliphatic rings. The van der Waals surface area contributed by atoms with Crippen molar-refractivity contribution in [2.24, 2.45) is 0 Å². The first kappa shape index (κ1) is 30.4. The molecule has 10 nitrogen and oxygen atoms in total. The number of benzene rings is 3. The van der Waals surface area contributed by atoms with Gasteiger partial charge in [-0.3, -0.25) is 15.0 Å². The summed E-state index contributed by atoms with van der Waals surface area (Å²) in [6, 6.07) is 34.2. The minimum absolute atomic E-state index is 0.0469. The molecular weight excluding hydrogens is 556 g/mol. The molecule has 0 spiro atoms. The molecule has 0 aliphatic carbocycles. The Balaban J connectivity index is 1.58. The normalized spacial score (nSPS) is 16.7. The second-order valence-electron chi connectivity index (χ2n) is 11.4. The first-order valence-corrected chi connectivity index (χ1v) is 14.4. The summed E-state index contributed by atoms with van der Waals surface area (Å²) in [5.74, 6) is -1.55. The van der Waals surface area contributed by atoms with E-state index < -0.39 is 23.0 Å². The maximum atomic E-state index is 13.3. The van der Waals surface area contributed by atoms with Gasteiger partial charge in [0, 0.05) is 31.6 Å². The summed E-state index contributed by atoms with van der Waals surface area (Å²) < 4.78 is 5.67. The van der Waals surface area contributed by atoms with Gasteiger partial charge >= 0.3 is 11.9 Å². The van der Waals surface area contributed by atoms with Gasteiger partial charge in [0.1, 0.15) is 17.0 Å². The van der Waals surface area contributed by atoms with E-state index in [0.717, 1.165) is 16.7 Å². The van der Waals surface area contributed by atoms with Crippen LogP contribution in [-0.4, -0.2) is 45.5 Å². The van der Waals surface area contributed by atoms with Gasteiger partial charge in [-0.15, -0.1) is 5.01 Å². The quantitative estimate of drug-likeness (QED) is 0.105. The number of carbonyl (C=O) groups excluding carboxylic acids is 1. The number of nitrogens with one attached hydrogen (secondary N) is 2. The van der Waals surface area contributed by atoms with Crippen LogP contribution in [0.5, 0.6) is 0 Å². The van der Waals surface area contributed by atoms with Crippen molar-refractivity contribution in [1.29, 1.82) is 0 Å². The smallest absolute Gasteiger partial charge is 0.416 e. The monoisotopic (exact) mass is 592 g/mol. The number of pyridine rings is 1. The van der Waals surface area contributed by atoms with Crippen LogP contribution in [0.25, 0.3) is 0 Å². The Morgan fingerprint density at radius 3 is 1.89 bits per heavy atom. The molecule has 1 amide bonds. The van der Waals surface area contributed by atoms with Crippen LogP contribution in [-0.2, 0) is 10.3 Å². The maximum Gasteiger partial charge on any atom is 0.416 e. The highest BCUT2D eigenvalue weighted by molar-refractivity contribution is 5.86. The maximum absolute atomic E-state index is 13.3. The van der Waals surface area contributed by atoms with E-state index in [9.17, 15) is 14.9 Å². The van der Waals surface area contributed by atoms with Gasteiger partial charge < -0.3 is 10.2 Å². The van der Waals surface area contributed by atoms with Gasteiger partial charge in [0.05, 0.1) is 4.92 Å². The number of anilines is 1. The molecule has 4 aromatic rings. The molecule has 3 aromatic carbocycles. The van der Waals surface area contributed by atoms with E-state index in [-0.39, 0.29) is 18.0 Å². The van der Waals surface area contributed by atoms with Crippen molar-refractivity contribution in [3.8, 4) is 0 Å². The minimum Gasteiger partial charge on any atom is -0.443 e. The van der Waals surface area contributed by atoms with Crippen molar-refractivity contribution in [3.63, 3.8) is 0 Å². The fourth-order valence-corrected chi connectivity index (χ4v) is 5.37. The Kier molecular flexibility index (Phi) is 8.75. The largest absolute Gasteiger partial charge is 0.443 e. The van der Waals surface area contributed by atoms with Gasteiger partial charge in [-0.05, 0) is 49.6 Å². The summed E-state index contributed by atoms with van der Waals surface area (Å²) in [7, 11) is 0. The molecule has 0 saturated heterocycles. The molecule has 10 heteroatoms. The molecule has 1 atom stereocenters. The number of hydrogen-bond acceptors (Lipinski definition) is 8. The van der Waals surface area contributed by atoms with E-state index in [1.54, 1.807) is 51.4 Å². The number of carbonyl (C=O) groups is 1. The summed E-state index contributed by atoms with van der Waals surface area (Å²) in [6.07, 6.45) is 4.02. The molecule has 5 rings (SSSR count). The fourth-order valence-electron chi connectivity index (χ4n) is 5.37. The second-order valence-corrected chi connectivity index (χ2v) is 11.4. The molecule has 2 heterocycles. The summed E-state index contributed by atoms with van der Waals surface area (Å²) >= 11 is 0. The molecule has 1 aliphatic heterocycles. The third kappa shape index (κ3) is 6.17. The van der Waals surface area contributed by atoms with E-state index in [0.29, 0.717) is 5.82 Å². The summed E-state index contributed by atoms with van der Waals surface area (Å²) in [6.45, 7) is 5.44. The number of hydrazine groups is 1. The molecule has 1 unspecified atom stereocenters. The van der Waals surface area contributed by atoms with Crippen LogP contribution in [0.4, 0.5) is 10.6 Å². The highest BCUT2D eigenvalue weighted by Gasteiger charge is 2.56. The Labute approximate surface area is 257 Å². The van der Waals surface area contributed by atoms with E-state index in [2.05, 4.69) is 15.7 Å². The summed E-state index contributed by atoms with van der Waals surface area (Å²) in [5, 5.41) is 18.2.